The van der Waals surface area contributed by atoms with Gasteiger partial charge in [-0.3, -0.25) is 9.59 Å². The second-order valence-electron chi connectivity index (χ2n) is 5.86. The summed E-state index contributed by atoms with van der Waals surface area (Å²) in [6, 6.07) is 8.61. The highest BCUT2D eigenvalue weighted by molar-refractivity contribution is 6.03. The topological polar surface area (TPSA) is 74.6 Å². The van der Waals surface area contributed by atoms with E-state index in [9.17, 15) is 9.59 Å². The number of aryl methyl sites for hydroxylation is 1. The molecule has 126 valence electrons. The van der Waals surface area contributed by atoms with E-state index in [1.165, 1.54) is 6.26 Å². The lowest BCUT2D eigenvalue weighted by Gasteiger charge is -2.20. The Morgan fingerprint density at radius 3 is 2.83 bits per heavy atom. The Balaban J connectivity index is 1.72. The van der Waals surface area contributed by atoms with Crippen molar-refractivity contribution in [3.63, 3.8) is 0 Å². The van der Waals surface area contributed by atoms with Gasteiger partial charge in [0.15, 0.2) is 5.76 Å². The minimum Gasteiger partial charge on any atom is -0.459 e. The molecule has 6 nitrogen and oxygen atoms in total. The van der Waals surface area contributed by atoms with E-state index < -0.39 is 0 Å². The summed E-state index contributed by atoms with van der Waals surface area (Å²) >= 11 is 0. The maximum atomic E-state index is 12.6. The van der Waals surface area contributed by atoms with Gasteiger partial charge >= 0.3 is 0 Å². The van der Waals surface area contributed by atoms with Crippen LogP contribution in [0.3, 0.4) is 0 Å². The van der Waals surface area contributed by atoms with Gasteiger partial charge in [0.25, 0.3) is 11.8 Å². The summed E-state index contributed by atoms with van der Waals surface area (Å²) in [6.07, 6.45) is 2.42. The second kappa shape index (κ2) is 7.31. The van der Waals surface area contributed by atoms with Gasteiger partial charge in [0.2, 0.25) is 0 Å². The van der Waals surface area contributed by atoms with Crippen LogP contribution >= 0.6 is 0 Å². The molecular weight excluding hydrogens is 306 g/mol. The van der Waals surface area contributed by atoms with Crippen molar-refractivity contribution in [3.05, 3.63) is 53.5 Å². The molecule has 1 aromatic carbocycles. The maximum absolute atomic E-state index is 12.6. The lowest BCUT2D eigenvalue weighted by atomic mass is 10.1. The molecule has 1 aromatic heterocycles. The van der Waals surface area contributed by atoms with Gasteiger partial charge in [-0.15, -0.1) is 0 Å². The number of benzene rings is 1. The molecule has 24 heavy (non-hydrogen) atoms. The number of carbonyl (C=O) groups excluding carboxylic acids is 2. The zero-order valence-electron chi connectivity index (χ0n) is 13.7. The molecular formula is C18H21N3O3. The van der Waals surface area contributed by atoms with Gasteiger partial charge in [-0.05, 0) is 55.8 Å². The predicted octanol–water partition coefficient (Wildman–Crippen LogP) is 2.28. The van der Waals surface area contributed by atoms with Gasteiger partial charge in [0.05, 0.1) is 6.26 Å². The molecule has 0 saturated carbocycles. The molecule has 6 heteroatoms. The Bertz CT molecular complexity index is 717. The van der Waals surface area contributed by atoms with E-state index in [1.54, 1.807) is 24.3 Å². The van der Waals surface area contributed by atoms with Crippen molar-refractivity contribution in [2.75, 3.05) is 31.5 Å². The third-order valence-corrected chi connectivity index (χ3v) is 4.09. The van der Waals surface area contributed by atoms with Crippen molar-refractivity contribution in [1.29, 1.82) is 0 Å². The van der Waals surface area contributed by atoms with E-state index in [0.29, 0.717) is 11.3 Å². The number of furan rings is 1. The van der Waals surface area contributed by atoms with E-state index in [2.05, 4.69) is 10.6 Å². The van der Waals surface area contributed by atoms with Gasteiger partial charge in [-0.2, -0.15) is 0 Å². The van der Waals surface area contributed by atoms with Crippen molar-refractivity contribution >= 4 is 17.5 Å². The fraction of sp³-hybridized carbons (Fsp3) is 0.333. The smallest absolute Gasteiger partial charge is 0.291 e. The molecule has 2 amide bonds. The zero-order valence-corrected chi connectivity index (χ0v) is 13.7. The van der Waals surface area contributed by atoms with Gasteiger partial charge in [-0.1, -0.05) is 0 Å². The van der Waals surface area contributed by atoms with Gasteiger partial charge in [-0.25, -0.2) is 0 Å². The van der Waals surface area contributed by atoms with E-state index in [4.69, 9.17) is 4.42 Å². The number of anilines is 1. The molecule has 0 spiro atoms. The van der Waals surface area contributed by atoms with Crippen LogP contribution in [-0.2, 0) is 0 Å². The average Bonchev–Trinajstić information content (AvgIpc) is 2.99. The van der Waals surface area contributed by atoms with E-state index >= 15 is 0 Å². The van der Waals surface area contributed by atoms with Crippen LogP contribution in [-0.4, -0.2) is 42.9 Å². The molecule has 0 radical (unpaired) electrons. The number of nitrogens with zero attached hydrogens (tertiary/aromatic N) is 1. The van der Waals surface area contributed by atoms with Crippen molar-refractivity contribution in [3.8, 4) is 0 Å². The Kier molecular flexibility index (Phi) is 4.96. The molecule has 1 fully saturated rings. The summed E-state index contributed by atoms with van der Waals surface area (Å²) in [6.45, 7) is 5.12. The van der Waals surface area contributed by atoms with E-state index in [1.807, 2.05) is 17.9 Å². The lowest BCUT2D eigenvalue weighted by molar-refractivity contribution is 0.0766. The number of hydrogen-bond donors (Lipinski definition) is 2. The minimum absolute atomic E-state index is 0.0331. The first-order valence-electron chi connectivity index (χ1n) is 8.10. The van der Waals surface area contributed by atoms with Crippen LogP contribution in [0.15, 0.2) is 41.0 Å². The summed E-state index contributed by atoms with van der Waals surface area (Å²) in [7, 11) is 0. The molecule has 3 rings (SSSR count). The first kappa shape index (κ1) is 16.3. The summed E-state index contributed by atoms with van der Waals surface area (Å²) < 4.78 is 5.08. The second-order valence-corrected chi connectivity index (χ2v) is 5.86. The molecule has 1 aliphatic rings. The normalized spacial score (nSPS) is 15.0. The molecule has 0 unspecified atom stereocenters. The van der Waals surface area contributed by atoms with Gasteiger partial charge in [0, 0.05) is 30.9 Å². The summed E-state index contributed by atoms with van der Waals surface area (Å²) in [4.78, 5) is 26.5. The fourth-order valence-corrected chi connectivity index (χ4v) is 2.76. The molecule has 0 atom stereocenters. The fourth-order valence-electron chi connectivity index (χ4n) is 2.76. The standard InChI is InChI=1S/C18H21N3O3/c1-13-12-14(18(23)21-9-3-7-19-8-10-21)5-6-15(13)20-17(22)16-4-2-11-24-16/h2,4-6,11-12,19H,3,7-10H2,1H3,(H,20,22). The highest BCUT2D eigenvalue weighted by Gasteiger charge is 2.18. The van der Waals surface area contributed by atoms with Crippen LogP contribution in [0, 0.1) is 6.92 Å². The van der Waals surface area contributed by atoms with Crippen LogP contribution in [0.1, 0.15) is 32.9 Å². The molecule has 2 aromatic rings. The molecule has 0 aliphatic carbocycles. The third-order valence-electron chi connectivity index (χ3n) is 4.09. The highest BCUT2D eigenvalue weighted by atomic mass is 16.3. The van der Waals surface area contributed by atoms with Crippen LogP contribution < -0.4 is 10.6 Å². The van der Waals surface area contributed by atoms with Gasteiger partial charge < -0.3 is 20.0 Å². The average molecular weight is 327 g/mol. The molecule has 1 aliphatic heterocycles. The van der Waals surface area contributed by atoms with Crippen molar-refractivity contribution in [1.82, 2.24) is 10.2 Å². The Labute approximate surface area is 140 Å². The van der Waals surface area contributed by atoms with Crippen molar-refractivity contribution in [2.45, 2.75) is 13.3 Å². The van der Waals surface area contributed by atoms with Gasteiger partial charge in [0.1, 0.15) is 0 Å². The van der Waals surface area contributed by atoms with E-state index in [-0.39, 0.29) is 17.6 Å². The Morgan fingerprint density at radius 1 is 1.21 bits per heavy atom. The number of rotatable bonds is 3. The van der Waals surface area contributed by atoms with Crippen LogP contribution in [0.25, 0.3) is 0 Å². The highest BCUT2D eigenvalue weighted by Crippen LogP contribution is 2.19. The number of nitrogens with one attached hydrogen (secondary N) is 2. The summed E-state index contributed by atoms with van der Waals surface area (Å²) in [5.74, 6) is -0.0156. The monoisotopic (exact) mass is 327 g/mol. The summed E-state index contributed by atoms with van der Waals surface area (Å²) in [5.41, 5.74) is 2.16. The minimum atomic E-state index is -0.305. The molecule has 1 saturated heterocycles. The van der Waals surface area contributed by atoms with Crippen molar-refractivity contribution < 1.29 is 14.0 Å². The van der Waals surface area contributed by atoms with E-state index in [0.717, 1.165) is 38.2 Å². The molecule has 0 bridgehead atoms. The quantitative estimate of drug-likeness (QED) is 0.907. The summed E-state index contributed by atoms with van der Waals surface area (Å²) in [5, 5.41) is 6.09. The Hall–Kier alpha value is -2.60. The first-order chi connectivity index (χ1) is 11.6. The Morgan fingerprint density at radius 2 is 2.08 bits per heavy atom. The predicted molar refractivity (Wildman–Crippen MR) is 91.2 cm³/mol. The van der Waals surface area contributed by atoms with Crippen molar-refractivity contribution in [2.24, 2.45) is 0 Å². The molecule has 2 heterocycles. The number of amides is 2. The lowest BCUT2D eigenvalue weighted by Crippen LogP contribution is -2.34. The van der Waals surface area contributed by atoms with Crippen LogP contribution in [0.4, 0.5) is 5.69 Å². The number of carbonyl (C=O) groups is 2. The maximum Gasteiger partial charge on any atom is 0.291 e. The largest absolute Gasteiger partial charge is 0.459 e. The van der Waals surface area contributed by atoms with Crippen LogP contribution in [0.2, 0.25) is 0 Å². The third kappa shape index (κ3) is 3.65. The zero-order chi connectivity index (χ0) is 16.9. The number of hydrogen-bond acceptors (Lipinski definition) is 4. The molecule has 2 N–H and O–H groups in total. The first-order valence-corrected chi connectivity index (χ1v) is 8.10. The SMILES string of the molecule is Cc1cc(C(=O)N2CCCNCC2)ccc1NC(=O)c1ccco1. The van der Waals surface area contributed by atoms with Crippen LogP contribution in [0.5, 0.6) is 0 Å².